The summed E-state index contributed by atoms with van der Waals surface area (Å²) in [5.74, 6) is 0. The third-order valence-corrected chi connectivity index (χ3v) is 1.10. The Morgan fingerprint density at radius 2 is 2.20 bits per heavy atom. The van der Waals surface area contributed by atoms with Crippen molar-refractivity contribution < 1.29 is 0 Å². The molecule has 52 valence electrons. The zero-order valence-electron chi connectivity index (χ0n) is 5.16. The second-order valence-electron chi connectivity index (χ2n) is 1.77. The van der Waals surface area contributed by atoms with Crippen molar-refractivity contribution in [3.63, 3.8) is 0 Å². The van der Waals surface area contributed by atoms with E-state index in [-0.39, 0.29) is 0 Å². The van der Waals surface area contributed by atoms with Gasteiger partial charge >= 0.3 is 0 Å². The van der Waals surface area contributed by atoms with E-state index in [9.17, 15) is 0 Å². The molecule has 0 unspecified atom stereocenters. The minimum Gasteiger partial charge on any atom is -0.399 e. The molecule has 2 N–H and O–H groups in total. The fraction of sp³-hybridized carbons (Fsp3) is 0. The lowest BCUT2D eigenvalue weighted by atomic mass is 10.3. The standard InChI is InChI=1S/C6H6ClN3/c7-10-9-6-3-1-2-5(8)4-6/h1-4H,8H2. The Hall–Kier alpha value is -1.09. The molecule has 0 atom stereocenters. The van der Waals surface area contributed by atoms with Gasteiger partial charge in [-0.25, -0.2) is 0 Å². The Labute approximate surface area is 63.6 Å². The van der Waals surface area contributed by atoms with Crippen molar-refractivity contribution in [1.82, 2.24) is 0 Å². The van der Waals surface area contributed by atoms with E-state index in [4.69, 9.17) is 17.5 Å². The summed E-state index contributed by atoms with van der Waals surface area (Å²) in [6.07, 6.45) is 0. The zero-order chi connectivity index (χ0) is 7.40. The van der Waals surface area contributed by atoms with Crippen LogP contribution in [0.4, 0.5) is 11.4 Å². The average Bonchev–Trinajstić information content (AvgIpc) is 1.88. The van der Waals surface area contributed by atoms with Crippen LogP contribution in [-0.4, -0.2) is 0 Å². The van der Waals surface area contributed by atoms with Gasteiger partial charge in [0.15, 0.2) is 0 Å². The van der Waals surface area contributed by atoms with E-state index in [1.807, 2.05) is 0 Å². The van der Waals surface area contributed by atoms with Crippen LogP contribution in [0.1, 0.15) is 0 Å². The van der Waals surface area contributed by atoms with Crippen LogP contribution in [0.2, 0.25) is 0 Å². The monoisotopic (exact) mass is 155 g/mol. The second-order valence-corrected chi connectivity index (χ2v) is 1.92. The molecule has 0 bridgehead atoms. The molecule has 10 heavy (non-hydrogen) atoms. The van der Waals surface area contributed by atoms with Crippen LogP contribution in [0.15, 0.2) is 34.0 Å². The summed E-state index contributed by atoms with van der Waals surface area (Å²) in [6.45, 7) is 0. The van der Waals surface area contributed by atoms with Gasteiger partial charge in [-0.2, -0.15) is 0 Å². The Morgan fingerprint density at radius 1 is 1.40 bits per heavy atom. The van der Waals surface area contributed by atoms with Gasteiger partial charge < -0.3 is 5.73 Å². The van der Waals surface area contributed by atoms with Crippen LogP contribution in [0, 0.1) is 0 Å². The lowest BCUT2D eigenvalue weighted by molar-refractivity contribution is 1.33. The first-order valence-corrected chi connectivity index (χ1v) is 3.04. The number of rotatable bonds is 1. The SMILES string of the molecule is Nc1cccc(N=NCl)c1. The number of halogens is 1. The highest BCUT2D eigenvalue weighted by atomic mass is 35.5. The zero-order valence-corrected chi connectivity index (χ0v) is 5.92. The van der Waals surface area contributed by atoms with Gasteiger partial charge in [0.05, 0.1) is 17.5 Å². The van der Waals surface area contributed by atoms with E-state index in [2.05, 4.69) is 9.75 Å². The molecule has 1 aromatic rings. The fourth-order valence-corrected chi connectivity index (χ4v) is 0.718. The third kappa shape index (κ3) is 1.70. The number of hydrogen-bond donors (Lipinski definition) is 1. The highest BCUT2D eigenvalue weighted by molar-refractivity contribution is 6.14. The van der Waals surface area contributed by atoms with Crippen molar-refractivity contribution in [2.75, 3.05) is 5.73 Å². The molecule has 0 saturated carbocycles. The van der Waals surface area contributed by atoms with Crippen molar-refractivity contribution in [3.05, 3.63) is 24.3 Å². The molecule has 4 heteroatoms. The topological polar surface area (TPSA) is 50.7 Å². The summed E-state index contributed by atoms with van der Waals surface area (Å²) >= 11 is 5.01. The largest absolute Gasteiger partial charge is 0.399 e. The van der Waals surface area contributed by atoms with Crippen LogP contribution in [0.5, 0.6) is 0 Å². The molecular weight excluding hydrogens is 150 g/mol. The summed E-state index contributed by atoms with van der Waals surface area (Å²) in [5.41, 5.74) is 6.76. The van der Waals surface area contributed by atoms with Crippen LogP contribution >= 0.6 is 11.8 Å². The maximum Gasteiger partial charge on any atom is 0.0888 e. The number of nitrogens with two attached hydrogens (primary N) is 1. The van der Waals surface area contributed by atoms with E-state index in [0.717, 1.165) is 0 Å². The van der Waals surface area contributed by atoms with E-state index >= 15 is 0 Å². The summed E-state index contributed by atoms with van der Waals surface area (Å²) < 4.78 is 3.09. The molecular formula is C6H6ClN3. The Kier molecular flexibility index (Phi) is 2.23. The molecule has 0 aliphatic carbocycles. The van der Waals surface area contributed by atoms with Gasteiger partial charge in [-0.15, -0.1) is 5.11 Å². The molecule has 0 aromatic heterocycles. The van der Waals surface area contributed by atoms with Gasteiger partial charge in [-0.1, -0.05) is 10.7 Å². The Morgan fingerprint density at radius 3 is 2.80 bits per heavy atom. The molecule has 0 aliphatic heterocycles. The molecule has 0 fully saturated rings. The molecule has 1 rings (SSSR count). The van der Waals surface area contributed by atoms with Gasteiger partial charge in [-0.3, -0.25) is 0 Å². The van der Waals surface area contributed by atoms with Crippen molar-refractivity contribution in [2.45, 2.75) is 0 Å². The van der Waals surface area contributed by atoms with Crippen LogP contribution < -0.4 is 5.73 Å². The van der Waals surface area contributed by atoms with Crippen molar-refractivity contribution >= 4 is 23.2 Å². The third-order valence-electron chi connectivity index (χ3n) is 1.02. The summed E-state index contributed by atoms with van der Waals surface area (Å²) in [6, 6.07) is 7.01. The first-order valence-electron chi connectivity index (χ1n) is 2.70. The molecule has 3 nitrogen and oxygen atoms in total. The number of anilines is 1. The quantitative estimate of drug-likeness (QED) is 0.492. The van der Waals surface area contributed by atoms with Gasteiger partial charge in [-0.05, 0) is 18.2 Å². The molecule has 0 spiro atoms. The van der Waals surface area contributed by atoms with E-state index in [1.54, 1.807) is 24.3 Å². The highest BCUT2D eigenvalue weighted by Gasteiger charge is 1.87. The van der Waals surface area contributed by atoms with E-state index in [1.165, 1.54) is 0 Å². The lowest BCUT2D eigenvalue weighted by Gasteiger charge is -1.91. The van der Waals surface area contributed by atoms with Crippen LogP contribution in [0.25, 0.3) is 0 Å². The maximum absolute atomic E-state index is 5.44. The van der Waals surface area contributed by atoms with Crippen molar-refractivity contribution in [2.24, 2.45) is 9.75 Å². The van der Waals surface area contributed by atoms with Crippen molar-refractivity contribution in [3.8, 4) is 0 Å². The Bertz CT molecular complexity index is 247. The van der Waals surface area contributed by atoms with Gasteiger partial charge in [0.2, 0.25) is 0 Å². The maximum atomic E-state index is 5.44. The summed E-state index contributed by atoms with van der Waals surface area (Å²) in [5, 5.41) is 3.58. The molecule has 0 heterocycles. The summed E-state index contributed by atoms with van der Waals surface area (Å²) in [4.78, 5) is 0. The number of benzene rings is 1. The van der Waals surface area contributed by atoms with E-state index < -0.39 is 0 Å². The van der Waals surface area contributed by atoms with Crippen molar-refractivity contribution in [1.29, 1.82) is 0 Å². The van der Waals surface area contributed by atoms with Crippen LogP contribution in [0.3, 0.4) is 0 Å². The number of hydrogen-bond acceptors (Lipinski definition) is 3. The first kappa shape index (κ1) is 7.02. The molecule has 0 aliphatic rings. The molecule has 1 aromatic carbocycles. The van der Waals surface area contributed by atoms with E-state index in [0.29, 0.717) is 11.4 Å². The molecule has 0 radical (unpaired) electrons. The Balaban J connectivity index is 2.95. The molecule has 0 amide bonds. The summed E-state index contributed by atoms with van der Waals surface area (Å²) in [7, 11) is 0. The predicted octanol–water partition coefficient (Wildman–Crippen LogP) is 2.51. The number of nitrogens with zero attached hydrogens (tertiary/aromatic N) is 2. The normalized spacial score (nSPS) is 10.5. The predicted molar refractivity (Wildman–Crippen MR) is 41.2 cm³/mol. The first-order chi connectivity index (χ1) is 4.83. The van der Waals surface area contributed by atoms with Gasteiger partial charge in [0.25, 0.3) is 0 Å². The van der Waals surface area contributed by atoms with Gasteiger partial charge in [0.1, 0.15) is 0 Å². The fourth-order valence-electron chi connectivity index (χ4n) is 0.631. The second kappa shape index (κ2) is 3.17. The minimum atomic E-state index is 0.654. The average molecular weight is 156 g/mol. The smallest absolute Gasteiger partial charge is 0.0888 e. The van der Waals surface area contributed by atoms with Crippen LogP contribution in [-0.2, 0) is 0 Å². The number of nitrogen functional groups attached to an aromatic ring is 1. The highest BCUT2D eigenvalue weighted by Crippen LogP contribution is 2.15. The molecule has 0 saturated heterocycles. The minimum absolute atomic E-state index is 0.654. The van der Waals surface area contributed by atoms with Gasteiger partial charge in [0, 0.05) is 5.69 Å². The lowest BCUT2D eigenvalue weighted by Crippen LogP contribution is -1.80.